The van der Waals surface area contributed by atoms with E-state index >= 15 is 0 Å². The highest BCUT2D eigenvalue weighted by Crippen LogP contribution is 2.12. The summed E-state index contributed by atoms with van der Waals surface area (Å²) in [6.07, 6.45) is 4.97. The van der Waals surface area contributed by atoms with Crippen LogP contribution in [0, 0.1) is 0 Å². The lowest BCUT2D eigenvalue weighted by molar-refractivity contribution is 0.0475. The number of hydrogen-bond acceptors (Lipinski definition) is 2. The Morgan fingerprint density at radius 1 is 1.18 bits per heavy atom. The maximum absolute atomic E-state index is 5.92. The fourth-order valence-corrected chi connectivity index (χ4v) is 2.27. The van der Waals surface area contributed by atoms with Crippen molar-refractivity contribution in [2.45, 2.75) is 31.8 Å². The Labute approximate surface area is 108 Å². The molecule has 94 valence electrons. The zero-order chi connectivity index (χ0) is 11.9. The minimum atomic E-state index is 0.442. The van der Waals surface area contributed by atoms with Crippen molar-refractivity contribution in [3.8, 4) is 0 Å². The van der Waals surface area contributed by atoms with Crippen molar-refractivity contribution in [2.24, 2.45) is 0 Å². The van der Waals surface area contributed by atoms with Gasteiger partial charge in [0, 0.05) is 5.02 Å². The average molecular weight is 254 g/mol. The van der Waals surface area contributed by atoms with Crippen molar-refractivity contribution in [3.63, 3.8) is 0 Å². The van der Waals surface area contributed by atoms with Gasteiger partial charge in [-0.05, 0) is 56.5 Å². The van der Waals surface area contributed by atoms with Crippen LogP contribution in [0.1, 0.15) is 24.8 Å². The molecule has 0 amide bonds. The van der Waals surface area contributed by atoms with Crippen molar-refractivity contribution in [3.05, 3.63) is 34.9 Å². The second kappa shape index (κ2) is 7.00. The fourth-order valence-electron chi connectivity index (χ4n) is 2.15. The number of nitrogens with one attached hydrogen (secondary N) is 1. The summed E-state index contributed by atoms with van der Waals surface area (Å²) in [6.45, 7) is 3.04. The number of ether oxygens (including phenoxy) is 1. The minimum absolute atomic E-state index is 0.442. The summed E-state index contributed by atoms with van der Waals surface area (Å²) in [5, 5.41) is 4.19. The third-order valence-corrected chi connectivity index (χ3v) is 3.43. The van der Waals surface area contributed by atoms with Crippen LogP contribution in [0.15, 0.2) is 24.3 Å². The molecule has 3 heteroatoms. The van der Waals surface area contributed by atoms with Gasteiger partial charge in [-0.1, -0.05) is 23.7 Å². The first-order valence-corrected chi connectivity index (χ1v) is 6.79. The fraction of sp³-hybridized carbons (Fsp3) is 0.571. The van der Waals surface area contributed by atoms with Crippen LogP contribution in [-0.2, 0) is 11.2 Å². The smallest absolute Gasteiger partial charge is 0.0587 e. The van der Waals surface area contributed by atoms with Gasteiger partial charge in [0.25, 0.3) is 0 Å². The van der Waals surface area contributed by atoms with Crippen LogP contribution in [0.25, 0.3) is 0 Å². The molecular formula is C14H20ClNO. The predicted octanol–water partition coefficient (Wildman–Crippen LogP) is 3.04. The molecule has 1 unspecified atom stereocenters. The molecule has 1 aliphatic rings. The van der Waals surface area contributed by atoms with Gasteiger partial charge in [-0.3, -0.25) is 0 Å². The third-order valence-electron chi connectivity index (χ3n) is 3.18. The molecule has 1 atom stereocenters. The lowest BCUT2D eigenvalue weighted by Crippen LogP contribution is -2.18. The van der Waals surface area contributed by atoms with Gasteiger partial charge in [-0.2, -0.15) is 0 Å². The SMILES string of the molecule is Clc1ccc(CCOC2CCCNCC2)cc1. The molecule has 0 aromatic heterocycles. The highest BCUT2D eigenvalue weighted by atomic mass is 35.5. The molecule has 2 nitrogen and oxygen atoms in total. The Kier molecular flexibility index (Phi) is 5.30. The normalized spacial score (nSPS) is 21.1. The number of rotatable bonds is 4. The number of hydrogen-bond donors (Lipinski definition) is 1. The quantitative estimate of drug-likeness (QED) is 0.891. The average Bonchev–Trinajstić information content (AvgIpc) is 2.60. The number of halogens is 1. The molecule has 0 aliphatic carbocycles. The molecular weight excluding hydrogens is 234 g/mol. The topological polar surface area (TPSA) is 21.3 Å². The molecule has 1 heterocycles. The van der Waals surface area contributed by atoms with Crippen LogP contribution in [0.4, 0.5) is 0 Å². The van der Waals surface area contributed by atoms with Crippen LogP contribution in [0.2, 0.25) is 5.02 Å². The lowest BCUT2D eigenvalue weighted by Gasteiger charge is -2.14. The first-order valence-electron chi connectivity index (χ1n) is 6.41. The molecule has 1 aromatic rings. The monoisotopic (exact) mass is 253 g/mol. The van der Waals surface area contributed by atoms with Crippen molar-refractivity contribution in [1.82, 2.24) is 5.32 Å². The summed E-state index contributed by atoms with van der Waals surface area (Å²) in [7, 11) is 0. The Morgan fingerprint density at radius 3 is 2.82 bits per heavy atom. The van der Waals surface area contributed by atoms with Gasteiger partial charge in [0.15, 0.2) is 0 Å². The van der Waals surface area contributed by atoms with Gasteiger partial charge in [0.05, 0.1) is 12.7 Å². The maximum atomic E-state index is 5.92. The molecule has 2 rings (SSSR count). The summed E-state index contributed by atoms with van der Waals surface area (Å²) in [5.74, 6) is 0. The van der Waals surface area contributed by atoms with E-state index < -0.39 is 0 Å². The molecule has 0 bridgehead atoms. The molecule has 0 radical (unpaired) electrons. The second-order valence-corrected chi connectivity index (χ2v) is 4.99. The van der Waals surface area contributed by atoms with E-state index in [4.69, 9.17) is 16.3 Å². The van der Waals surface area contributed by atoms with Gasteiger partial charge in [-0.25, -0.2) is 0 Å². The first kappa shape index (κ1) is 12.9. The van der Waals surface area contributed by atoms with Gasteiger partial charge in [-0.15, -0.1) is 0 Å². The molecule has 1 fully saturated rings. The van der Waals surface area contributed by atoms with E-state index in [-0.39, 0.29) is 0 Å². The van der Waals surface area contributed by atoms with E-state index in [1.807, 2.05) is 12.1 Å². The summed E-state index contributed by atoms with van der Waals surface area (Å²) < 4.78 is 5.92. The van der Waals surface area contributed by atoms with E-state index in [0.29, 0.717) is 6.10 Å². The second-order valence-electron chi connectivity index (χ2n) is 4.55. The molecule has 1 N–H and O–H groups in total. The molecule has 1 aliphatic heterocycles. The van der Waals surface area contributed by atoms with Crippen molar-refractivity contribution >= 4 is 11.6 Å². The largest absolute Gasteiger partial charge is 0.378 e. The van der Waals surface area contributed by atoms with E-state index in [2.05, 4.69) is 17.4 Å². The lowest BCUT2D eigenvalue weighted by atomic mass is 10.1. The Hall–Kier alpha value is -0.570. The highest BCUT2D eigenvalue weighted by Gasteiger charge is 2.11. The molecule has 0 saturated carbocycles. The van der Waals surface area contributed by atoms with Gasteiger partial charge in [0.1, 0.15) is 0 Å². The summed E-state index contributed by atoms with van der Waals surface area (Å²) in [4.78, 5) is 0. The number of benzene rings is 1. The van der Waals surface area contributed by atoms with E-state index in [1.165, 1.54) is 18.4 Å². The van der Waals surface area contributed by atoms with Crippen molar-refractivity contribution in [1.29, 1.82) is 0 Å². The van der Waals surface area contributed by atoms with E-state index in [1.54, 1.807) is 0 Å². The molecule has 17 heavy (non-hydrogen) atoms. The van der Waals surface area contributed by atoms with Crippen LogP contribution in [0.5, 0.6) is 0 Å². The Balaban J connectivity index is 1.69. The summed E-state index contributed by atoms with van der Waals surface area (Å²) >= 11 is 5.85. The Morgan fingerprint density at radius 2 is 2.00 bits per heavy atom. The standard InChI is InChI=1S/C14H20ClNO/c15-13-5-3-12(4-6-13)8-11-17-14-2-1-9-16-10-7-14/h3-6,14,16H,1-2,7-11H2. The van der Waals surface area contributed by atoms with Crippen LogP contribution in [0.3, 0.4) is 0 Å². The van der Waals surface area contributed by atoms with Crippen LogP contribution < -0.4 is 5.32 Å². The molecule has 0 spiro atoms. The molecule has 1 saturated heterocycles. The first-order chi connectivity index (χ1) is 8.34. The van der Waals surface area contributed by atoms with Crippen molar-refractivity contribution in [2.75, 3.05) is 19.7 Å². The Bertz CT molecular complexity index is 317. The van der Waals surface area contributed by atoms with Crippen LogP contribution >= 0.6 is 11.6 Å². The molecule has 1 aromatic carbocycles. The summed E-state index contributed by atoms with van der Waals surface area (Å²) in [5.41, 5.74) is 1.29. The zero-order valence-corrected chi connectivity index (χ0v) is 10.9. The predicted molar refractivity (Wildman–Crippen MR) is 71.6 cm³/mol. The van der Waals surface area contributed by atoms with E-state index in [9.17, 15) is 0 Å². The minimum Gasteiger partial charge on any atom is -0.378 e. The van der Waals surface area contributed by atoms with Crippen LogP contribution in [-0.4, -0.2) is 25.8 Å². The van der Waals surface area contributed by atoms with Gasteiger partial charge in [0.2, 0.25) is 0 Å². The van der Waals surface area contributed by atoms with Crippen molar-refractivity contribution < 1.29 is 4.74 Å². The summed E-state index contributed by atoms with van der Waals surface area (Å²) in [6, 6.07) is 8.01. The zero-order valence-electron chi connectivity index (χ0n) is 10.1. The van der Waals surface area contributed by atoms with Gasteiger partial charge < -0.3 is 10.1 Å². The van der Waals surface area contributed by atoms with Gasteiger partial charge >= 0.3 is 0 Å². The third kappa shape index (κ3) is 4.66. The highest BCUT2D eigenvalue weighted by molar-refractivity contribution is 6.30. The van der Waals surface area contributed by atoms with E-state index in [0.717, 1.165) is 37.6 Å². The maximum Gasteiger partial charge on any atom is 0.0587 e.